The highest BCUT2D eigenvalue weighted by molar-refractivity contribution is 6.33. The lowest BCUT2D eigenvalue weighted by atomic mass is 10.0. The summed E-state index contributed by atoms with van der Waals surface area (Å²) in [5.41, 5.74) is 1.15. The second kappa shape index (κ2) is 7.27. The number of amides is 1. The molecule has 7 heteroatoms. The number of carbonyl (C=O) groups excluding carboxylic acids is 1. The molecule has 0 bridgehead atoms. The summed E-state index contributed by atoms with van der Waals surface area (Å²) in [6.07, 6.45) is -2.73. The van der Waals surface area contributed by atoms with Gasteiger partial charge in [-0.2, -0.15) is 13.2 Å². The van der Waals surface area contributed by atoms with Gasteiger partial charge in [0.05, 0.1) is 16.3 Å². The summed E-state index contributed by atoms with van der Waals surface area (Å²) in [5, 5.41) is 3.52. The SMILES string of the molecule is CC(C)c1ccc2c(ccn2CC(=O)Nc2cc(C(F)(F)F)ccc2Cl)c1. The number of nitrogens with one attached hydrogen (secondary N) is 1. The number of fused-ring (bicyclic) bond motifs is 1. The lowest BCUT2D eigenvalue weighted by molar-refractivity contribution is -0.137. The van der Waals surface area contributed by atoms with Gasteiger partial charge in [-0.15, -0.1) is 0 Å². The summed E-state index contributed by atoms with van der Waals surface area (Å²) in [5.74, 6) is -0.0641. The second-order valence-electron chi connectivity index (χ2n) is 6.66. The lowest BCUT2D eigenvalue weighted by Crippen LogP contribution is -2.19. The quantitative estimate of drug-likeness (QED) is 0.572. The number of halogens is 4. The third-order valence-corrected chi connectivity index (χ3v) is 4.67. The topological polar surface area (TPSA) is 34.0 Å². The number of nitrogens with zero attached hydrogens (tertiary/aromatic N) is 1. The number of aromatic nitrogens is 1. The first kappa shape index (κ1) is 19.3. The van der Waals surface area contributed by atoms with E-state index >= 15 is 0 Å². The van der Waals surface area contributed by atoms with Crippen LogP contribution in [0.4, 0.5) is 18.9 Å². The van der Waals surface area contributed by atoms with E-state index in [0.717, 1.165) is 29.1 Å². The summed E-state index contributed by atoms with van der Waals surface area (Å²) in [6, 6.07) is 10.8. The lowest BCUT2D eigenvalue weighted by Gasteiger charge is -2.12. The van der Waals surface area contributed by atoms with E-state index in [1.165, 1.54) is 5.56 Å². The predicted molar refractivity (Wildman–Crippen MR) is 101 cm³/mol. The standard InChI is InChI=1S/C20H18ClF3N2O/c1-12(2)13-3-6-18-14(9-13)7-8-26(18)11-19(27)25-17-10-15(20(22,23)24)4-5-16(17)21/h3-10,12H,11H2,1-2H3,(H,25,27). The molecule has 0 aliphatic rings. The summed E-state index contributed by atoms with van der Waals surface area (Å²) in [7, 11) is 0. The molecular formula is C20H18ClF3N2O. The number of rotatable bonds is 4. The summed E-state index contributed by atoms with van der Waals surface area (Å²) in [6.45, 7) is 4.17. The molecule has 3 nitrogen and oxygen atoms in total. The van der Waals surface area contributed by atoms with E-state index in [2.05, 4.69) is 25.2 Å². The molecule has 3 rings (SSSR count). The van der Waals surface area contributed by atoms with Crippen LogP contribution in [0.1, 0.15) is 30.9 Å². The molecule has 2 aromatic carbocycles. The Kier molecular flexibility index (Phi) is 5.20. The van der Waals surface area contributed by atoms with Crippen molar-refractivity contribution in [2.24, 2.45) is 0 Å². The van der Waals surface area contributed by atoms with Gasteiger partial charge in [-0.25, -0.2) is 0 Å². The van der Waals surface area contributed by atoms with E-state index in [9.17, 15) is 18.0 Å². The van der Waals surface area contributed by atoms with Crippen LogP contribution in [0.15, 0.2) is 48.7 Å². The van der Waals surface area contributed by atoms with Crippen LogP contribution in [0.3, 0.4) is 0 Å². The Morgan fingerprint density at radius 2 is 1.89 bits per heavy atom. The van der Waals surface area contributed by atoms with Crippen molar-refractivity contribution < 1.29 is 18.0 Å². The average molecular weight is 395 g/mol. The van der Waals surface area contributed by atoms with Gasteiger partial charge in [0.2, 0.25) is 5.91 Å². The zero-order valence-electron chi connectivity index (χ0n) is 14.8. The predicted octanol–water partition coefficient (Wildman–Crippen LogP) is 6.08. The van der Waals surface area contributed by atoms with Crippen molar-refractivity contribution in [3.8, 4) is 0 Å². The molecule has 0 radical (unpaired) electrons. The van der Waals surface area contributed by atoms with Gasteiger partial charge in [-0.3, -0.25) is 4.79 Å². The maximum Gasteiger partial charge on any atom is 0.416 e. The normalized spacial score (nSPS) is 12.0. The Morgan fingerprint density at radius 3 is 2.56 bits per heavy atom. The van der Waals surface area contributed by atoms with Crippen molar-refractivity contribution in [2.75, 3.05) is 5.32 Å². The molecular weight excluding hydrogens is 377 g/mol. The van der Waals surface area contributed by atoms with Crippen molar-refractivity contribution in [3.63, 3.8) is 0 Å². The van der Waals surface area contributed by atoms with Crippen LogP contribution in [-0.2, 0) is 17.5 Å². The highest BCUT2D eigenvalue weighted by Gasteiger charge is 2.31. The molecule has 0 atom stereocenters. The van der Waals surface area contributed by atoms with E-state index in [1.54, 1.807) is 10.8 Å². The molecule has 142 valence electrons. The van der Waals surface area contributed by atoms with Gasteiger partial charge in [0.1, 0.15) is 6.54 Å². The number of anilines is 1. The van der Waals surface area contributed by atoms with Crippen LogP contribution in [0.2, 0.25) is 5.02 Å². The third-order valence-electron chi connectivity index (χ3n) is 4.34. The summed E-state index contributed by atoms with van der Waals surface area (Å²) >= 11 is 5.93. The zero-order chi connectivity index (χ0) is 19.8. The van der Waals surface area contributed by atoms with Gasteiger partial charge in [0.15, 0.2) is 0 Å². The zero-order valence-corrected chi connectivity index (χ0v) is 15.5. The number of hydrogen-bond donors (Lipinski definition) is 1. The smallest absolute Gasteiger partial charge is 0.338 e. The van der Waals surface area contributed by atoms with Gasteiger partial charge in [-0.05, 0) is 53.3 Å². The minimum absolute atomic E-state index is 0.0307. The van der Waals surface area contributed by atoms with Crippen molar-refractivity contribution in [1.29, 1.82) is 0 Å². The van der Waals surface area contributed by atoms with Crippen LogP contribution in [0.5, 0.6) is 0 Å². The van der Waals surface area contributed by atoms with Crippen molar-refractivity contribution in [3.05, 3.63) is 64.8 Å². The molecule has 0 saturated carbocycles. The van der Waals surface area contributed by atoms with Crippen LogP contribution in [0, 0.1) is 0 Å². The van der Waals surface area contributed by atoms with E-state index in [1.807, 2.05) is 18.2 Å². The molecule has 0 aliphatic carbocycles. The molecule has 0 unspecified atom stereocenters. The van der Waals surface area contributed by atoms with Crippen LogP contribution < -0.4 is 5.32 Å². The minimum Gasteiger partial charge on any atom is -0.338 e. The number of hydrogen-bond acceptors (Lipinski definition) is 1. The van der Waals surface area contributed by atoms with Crippen molar-refractivity contribution in [2.45, 2.75) is 32.5 Å². The number of carbonyl (C=O) groups is 1. The first-order valence-corrected chi connectivity index (χ1v) is 8.78. The van der Waals surface area contributed by atoms with Crippen LogP contribution in [-0.4, -0.2) is 10.5 Å². The number of benzene rings is 2. The highest BCUT2D eigenvalue weighted by Crippen LogP contribution is 2.33. The Morgan fingerprint density at radius 1 is 1.15 bits per heavy atom. The Labute approximate surface area is 159 Å². The summed E-state index contributed by atoms with van der Waals surface area (Å²) < 4.78 is 40.3. The summed E-state index contributed by atoms with van der Waals surface area (Å²) in [4.78, 5) is 12.3. The Hall–Kier alpha value is -2.47. The molecule has 1 heterocycles. The number of alkyl halides is 3. The van der Waals surface area contributed by atoms with Crippen molar-refractivity contribution in [1.82, 2.24) is 4.57 Å². The molecule has 1 aromatic heterocycles. The minimum atomic E-state index is -4.51. The highest BCUT2D eigenvalue weighted by atomic mass is 35.5. The first-order chi connectivity index (χ1) is 12.6. The maximum absolute atomic E-state index is 12.8. The van der Waals surface area contributed by atoms with E-state index in [4.69, 9.17) is 11.6 Å². The van der Waals surface area contributed by atoms with E-state index in [0.29, 0.717) is 5.92 Å². The molecule has 27 heavy (non-hydrogen) atoms. The molecule has 0 spiro atoms. The van der Waals surface area contributed by atoms with Gasteiger partial charge >= 0.3 is 6.18 Å². The monoisotopic (exact) mass is 394 g/mol. The first-order valence-electron chi connectivity index (χ1n) is 8.40. The molecule has 1 N–H and O–H groups in total. The molecule has 0 fully saturated rings. The molecule has 3 aromatic rings. The fourth-order valence-corrected chi connectivity index (χ4v) is 3.02. The van der Waals surface area contributed by atoms with Gasteiger partial charge in [0.25, 0.3) is 0 Å². The largest absolute Gasteiger partial charge is 0.416 e. The molecule has 1 amide bonds. The molecule has 0 aliphatic heterocycles. The molecule has 0 saturated heterocycles. The maximum atomic E-state index is 12.8. The van der Waals surface area contributed by atoms with Gasteiger partial charge < -0.3 is 9.88 Å². The third kappa shape index (κ3) is 4.27. The van der Waals surface area contributed by atoms with Crippen LogP contribution in [0.25, 0.3) is 10.9 Å². The Balaban J connectivity index is 1.80. The van der Waals surface area contributed by atoms with Crippen molar-refractivity contribution >= 4 is 34.1 Å². The fraction of sp³-hybridized carbons (Fsp3) is 0.250. The van der Waals surface area contributed by atoms with E-state index < -0.39 is 17.6 Å². The fourth-order valence-electron chi connectivity index (χ4n) is 2.86. The van der Waals surface area contributed by atoms with Crippen LogP contribution >= 0.6 is 11.6 Å². The Bertz CT molecular complexity index is 993. The second-order valence-corrected chi connectivity index (χ2v) is 7.06. The van der Waals surface area contributed by atoms with E-state index in [-0.39, 0.29) is 17.3 Å². The van der Waals surface area contributed by atoms with Gasteiger partial charge in [-0.1, -0.05) is 31.5 Å². The van der Waals surface area contributed by atoms with Gasteiger partial charge in [0, 0.05) is 11.7 Å². The average Bonchev–Trinajstić information content (AvgIpc) is 2.98.